The van der Waals surface area contributed by atoms with Crippen molar-refractivity contribution in [1.29, 1.82) is 0 Å². The largest absolute Gasteiger partial charge is 0.507 e. The molecule has 0 saturated carbocycles. The first-order valence-corrected chi connectivity index (χ1v) is 6.47. The summed E-state index contributed by atoms with van der Waals surface area (Å²) in [6.45, 7) is 5.40. The summed E-state index contributed by atoms with van der Waals surface area (Å²) in [4.78, 5) is 2.32. The number of benzene rings is 1. The molecule has 1 aromatic carbocycles. The first kappa shape index (κ1) is 13.0. The van der Waals surface area contributed by atoms with Crippen LogP contribution in [0.3, 0.4) is 0 Å². The molecular formula is C15H22N2O. The van der Waals surface area contributed by atoms with Crippen LogP contribution in [0, 0.1) is 0 Å². The lowest BCUT2D eigenvalue weighted by Crippen LogP contribution is -2.28. The van der Waals surface area contributed by atoms with Crippen molar-refractivity contribution in [3.8, 4) is 5.75 Å². The normalized spacial score (nSPS) is 11.9. The van der Waals surface area contributed by atoms with E-state index in [4.69, 9.17) is 0 Å². The third kappa shape index (κ3) is 2.36. The van der Waals surface area contributed by atoms with Crippen LogP contribution >= 0.6 is 0 Å². The van der Waals surface area contributed by atoms with Gasteiger partial charge < -0.3 is 14.6 Å². The van der Waals surface area contributed by atoms with Gasteiger partial charge in [0.05, 0.1) is 5.52 Å². The van der Waals surface area contributed by atoms with Crippen LogP contribution in [0.4, 0.5) is 0 Å². The first-order valence-electron chi connectivity index (χ1n) is 6.47. The Labute approximate surface area is 109 Å². The molecule has 0 bridgehead atoms. The minimum Gasteiger partial charge on any atom is -0.507 e. The molecule has 1 N–H and O–H groups in total. The third-order valence-electron chi connectivity index (χ3n) is 3.69. The second kappa shape index (κ2) is 5.02. The topological polar surface area (TPSA) is 28.4 Å². The Balaban J connectivity index is 2.29. The number of nitrogens with zero attached hydrogens (tertiary/aromatic N) is 2. The first-order chi connectivity index (χ1) is 8.50. The average molecular weight is 246 g/mol. The maximum Gasteiger partial charge on any atom is 0.125 e. The zero-order valence-electron chi connectivity index (χ0n) is 11.6. The Morgan fingerprint density at radius 2 is 2.06 bits per heavy atom. The number of aryl methyl sites for hydroxylation is 1. The van der Waals surface area contributed by atoms with Gasteiger partial charge in [-0.25, -0.2) is 0 Å². The predicted octanol–water partition coefficient (Wildman–Crippen LogP) is 2.77. The summed E-state index contributed by atoms with van der Waals surface area (Å²) in [5.41, 5.74) is 2.32. The van der Waals surface area contributed by atoms with Gasteiger partial charge in [-0.3, -0.25) is 0 Å². The molecule has 2 aromatic rings. The van der Waals surface area contributed by atoms with Crippen LogP contribution in [0.25, 0.3) is 10.9 Å². The fourth-order valence-electron chi connectivity index (χ4n) is 2.26. The van der Waals surface area contributed by atoms with Crippen LogP contribution in [0.5, 0.6) is 5.75 Å². The second-order valence-corrected chi connectivity index (χ2v) is 5.26. The quantitative estimate of drug-likeness (QED) is 0.898. The summed E-state index contributed by atoms with van der Waals surface area (Å²) >= 11 is 0. The zero-order chi connectivity index (χ0) is 13.3. The molecule has 0 spiro atoms. The van der Waals surface area contributed by atoms with Crippen LogP contribution in [0.1, 0.15) is 19.4 Å². The Hall–Kier alpha value is -1.48. The number of phenolic OH excluding ortho intramolecular Hbond substituents is 1. The summed E-state index contributed by atoms with van der Waals surface area (Å²) in [6, 6.07) is 6.25. The molecule has 1 aromatic heterocycles. The van der Waals surface area contributed by atoms with Crippen molar-refractivity contribution in [2.24, 2.45) is 7.05 Å². The number of rotatable bonds is 4. The Morgan fingerprint density at radius 3 is 2.72 bits per heavy atom. The van der Waals surface area contributed by atoms with Crippen molar-refractivity contribution in [3.05, 3.63) is 30.0 Å². The maximum atomic E-state index is 10.0. The molecule has 0 saturated heterocycles. The summed E-state index contributed by atoms with van der Waals surface area (Å²) in [6.07, 6.45) is 3.09. The van der Waals surface area contributed by atoms with Gasteiger partial charge in [-0.05, 0) is 45.0 Å². The van der Waals surface area contributed by atoms with E-state index in [9.17, 15) is 5.11 Å². The van der Waals surface area contributed by atoms with Crippen LogP contribution in [0.15, 0.2) is 24.4 Å². The lowest BCUT2D eigenvalue weighted by molar-refractivity contribution is 0.277. The highest BCUT2D eigenvalue weighted by Crippen LogP contribution is 2.29. The molecule has 2 rings (SSSR count). The zero-order valence-corrected chi connectivity index (χ0v) is 11.6. The number of hydrogen-bond donors (Lipinski definition) is 1. The van der Waals surface area contributed by atoms with E-state index in [1.165, 1.54) is 5.56 Å². The van der Waals surface area contributed by atoms with E-state index in [0.717, 1.165) is 23.9 Å². The fraction of sp³-hybridized carbons (Fsp3) is 0.467. The summed E-state index contributed by atoms with van der Waals surface area (Å²) in [5.74, 6) is 0.385. The molecule has 0 unspecified atom stereocenters. The lowest BCUT2D eigenvalue weighted by Gasteiger charge is -2.20. The van der Waals surface area contributed by atoms with Gasteiger partial charge in [0.25, 0.3) is 0 Å². The number of fused-ring (bicyclic) bond motifs is 1. The van der Waals surface area contributed by atoms with E-state index >= 15 is 0 Å². The van der Waals surface area contributed by atoms with Gasteiger partial charge in [-0.1, -0.05) is 6.07 Å². The smallest absolute Gasteiger partial charge is 0.125 e. The van der Waals surface area contributed by atoms with E-state index < -0.39 is 0 Å². The highest BCUT2D eigenvalue weighted by atomic mass is 16.3. The Morgan fingerprint density at radius 1 is 1.33 bits per heavy atom. The summed E-state index contributed by atoms with van der Waals surface area (Å²) < 4.78 is 2.08. The van der Waals surface area contributed by atoms with Crippen LogP contribution in [-0.2, 0) is 13.5 Å². The number of aromatic hydroxyl groups is 1. The molecule has 98 valence electrons. The van der Waals surface area contributed by atoms with Gasteiger partial charge in [0.2, 0.25) is 0 Å². The average Bonchev–Trinajstić information content (AvgIpc) is 2.65. The van der Waals surface area contributed by atoms with Crippen LogP contribution in [0.2, 0.25) is 0 Å². The van der Waals surface area contributed by atoms with E-state index in [-0.39, 0.29) is 0 Å². The number of phenols is 1. The van der Waals surface area contributed by atoms with Gasteiger partial charge in [0.1, 0.15) is 5.75 Å². The summed E-state index contributed by atoms with van der Waals surface area (Å²) in [7, 11) is 4.16. The minimum atomic E-state index is 0.385. The molecule has 3 heteroatoms. The Bertz CT molecular complexity index is 543. The molecule has 0 aliphatic heterocycles. The lowest BCUT2D eigenvalue weighted by atomic mass is 10.1. The fourth-order valence-corrected chi connectivity index (χ4v) is 2.26. The van der Waals surface area contributed by atoms with Gasteiger partial charge in [0.15, 0.2) is 0 Å². The van der Waals surface area contributed by atoms with Crippen molar-refractivity contribution < 1.29 is 5.11 Å². The van der Waals surface area contributed by atoms with Gasteiger partial charge in [-0.2, -0.15) is 0 Å². The highest BCUT2D eigenvalue weighted by molar-refractivity contribution is 5.89. The highest BCUT2D eigenvalue weighted by Gasteiger charge is 2.11. The molecule has 0 aliphatic rings. The molecule has 0 radical (unpaired) electrons. The summed E-state index contributed by atoms with van der Waals surface area (Å²) in [5, 5.41) is 11.0. The van der Waals surface area contributed by atoms with Gasteiger partial charge >= 0.3 is 0 Å². The Kier molecular flexibility index (Phi) is 3.62. The molecule has 0 atom stereocenters. The third-order valence-corrected chi connectivity index (χ3v) is 3.69. The SMILES string of the molecule is CC(C)N(C)CCc1cn(C)c2cccc(O)c12. The van der Waals surface area contributed by atoms with E-state index in [1.54, 1.807) is 6.07 Å². The van der Waals surface area contributed by atoms with Crippen molar-refractivity contribution >= 4 is 10.9 Å². The number of likely N-dealkylation sites (N-methyl/N-ethyl adjacent to an activating group) is 1. The second-order valence-electron chi connectivity index (χ2n) is 5.26. The molecule has 18 heavy (non-hydrogen) atoms. The number of hydrogen-bond acceptors (Lipinski definition) is 2. The van der Waals surface area contributed by atoms with Crippen molar-refractivity contribution in [2.75, 3.05) is 13.6 Å². The van der Waals surface area contributed by atoms with Crippen LogP contribution in [-0.4, -0.2) is 34.2 Å². The van der Waals surface area contributed by atoms with Crippen molar-refractivity contribution in [1.82, 2.24) is 9.47 Å². The minimum absolute atomic E-state index is 0.385. The van der Waals surface area contributed by atoms with Crippen LogP contribution < -0.4 is 0 Å². The van der Waals surface area contributed by atoms with E-state index in [1.807, 2.05) is 19.2 Å². The predicted molar refractivity (Wildman–Crippen MR) is 76.1 cm³/mol. The molecule has 1 heterocycles. The van der Waals surface area contributed by atoms with E-state index in [0.29, 0.717) is 11.8 Å². The molecule has 0 aliphatic carbocycles. The number of aromatic nitrogens is 1. The molecular weight excluding hydrogens is 224 g/mol. The van der Waals surface area contributed by atoms with Crippen molar-refractivity contribution in [3.63, 3.8) is 0 Å². The maximum absolute atomic E-state index is 10.0. The molecule has 3 nitrogen and oxygen atoms in total. The monoisotopic (exact) mass is 246 g/mol. The standard InChI is InChI=1S/C15H22N2O/c1-11(2)16(3)9-8-12-10-17(4)13-6-5-7-14(18)15(12)13/h5-7,10-11,18H,8-9H2,1-4H3. The van der Waals surface area contributed by atoms with E-state index in [2.05, 4.69) is 36.6 Å². The van der Waals surface area contributed by atoms with Gasteiger partial charge in [-0.15, -0.1) is 0 Å². The van der Waals surface area contributed by atoms with Gasteiger partial charge in [0, 0.05) is 31.2 Å². The molecule has 0 fully saturated rings. The molecule has 0 amide bonds. The van der Waals surface area contributed by atoms with Crippen molar-refractivity contribution in [2.45, 2.75) is 26.3 Å².